The Morgan fingerprint density at radius 2 is 1.97 bits per heavy atom. The average molecular weight is 392 g/mol. The molecular weight excluding hydrogens is 368 g/mol. The van der Waals surface area contributed by atoms with Crippen LogP contribution in [0.25, 0.3) is 11.3 Å². The minimum absolute atomic E-state index is 0.0652. The first-order valence-electron chi connectivity index (χ1n) is 9.62. The molecule has 0 aliphatic heterocycles. The second-order valence-electron chi connectivity index (χ2n) is 6.48. The molecule has 0 saturated carbocycles. The van der Waals surface area contributed by atoms with E-state index in [0.29, 0.717) is 38.2 Å². The molecule has 0 radical (unpaired) electrons. The van der Waals surface area contributed by atoms with E-state index in [-0.39, 0.29) is 11.5 Å². The molecule has 0 aliphatic carbocycles. The van der Waals surface area contributed by atoms with E-state index in [1.165, 1.54) is 10.7 Å². The minimum atomic E-state index is -0.185. The fourth-order valence-corrected chi connectivity index (χ4v) is 2.83. The molecule has 2 aromatic heterocycles. The molecule has 29 heavy (non-hydrogen) atoms. The summed E-state index contributed by atoms with van der Waals surface area (Å²) in [6.45, 7) is 3.37. The van der Waals surface area contributed by atoms with Crippen LogP contribution in [0.1, 0.15) is 25.3 Å². The molecule has 1 aromatic carbocycles. The second-order valence-corrected chi connectivity index (χ2v) is 6.48. The zero-order chi connectivity index (χ0) is 20.5. The topological polar surface area (TPSA) is 86.1 Å². The first-order chi connectivity index (χ1) is 14.2. The lowest BCUT2D eigenvalue weighted by atomic mass is 10.1. The van der Waals surface area contributed by atoms with E-state index in [2.05, 4.69) is 15.4 Å². The van der Waals surface area contributed by atoms with Gasteiger partial charge in [0.05, 0.1) is 12.3 Å². The summed E-state index contributed by atoms with van der Waals surface area (Å²) >= 11 is 0. The van der Waals surface area contributed by atoms with Gasteiger partial charge in [-0.05, 0) is 55.3 Å². The summed E-state index contributed by atoms with van der Waals surface area (Å²) in [6.07, 6.45) is 4.26. The number of benzene rings is 1. The maximum atomic E-state index is 12.1. The molecule has 7 nitrogen and oxygen atoms in total. The number of aromatic nitrogens is 3. The number of carbonyl (C=O) groups excluding carboxylic acids is 1. The van der Waals surface area contributed by atoms with Gasteiger partial charge in [0.15, 0.2) is 0 Å². The molecule has 0 atom stereocenters. The van der Waals surface area contributed by atoms with Crippen molar-refractivity contribution in [3.8, 4) is 17.0 Å². The summed E-state index contributed by atoms with van der Waals surface area (Å²) in [7, 11) is 0. The third-order valence-electron chi connectivity index (χ3n) is 4.31. The van der Waals surface area contributed by atoms with Crippen LogP contribution >= 0.6 is 0 Å². The Morgan fingerprint density at radius 1 is 1.14 bits per heavy atom. The minimum Gasteiger partial charge on any atom is -0.494 e. The summed E-state index contributed by atoms with van der Waals surface area (Å²) in [5.74, 6) is 0.728. The number of amides is 1. The van der Waals surface area contributed by atoms with Gasteiger partial charge in [-0.2, -0.15) is 5.10 Å². The van der Waals surface area contributed by atoms with Gasteiger partial charge in [0.2, 0.25) is 5.91 Å². The highest BCUT2D eigenvalue weighted by atomic mass is 16.5. The molecule has 0 unspecified atom stereocenters. The molecule has 1 amide bonds. The first kappa shape index (κ1) is 20.3. The Labute approximate surface area is 169 Å². The summed E-state index contributed by atoms with van der Waals surface area (Å²) in [6, 6.07) is 14.5. The Morgan fingerprint density at radius 3 is 2.69 bits per heavy atom. The van der Waals surface area contributed by atoms with Crippen LogP contribution < -0.4 is 15.6 Å². The van der Waals surface area contributed by atoms with E-state index in [1.807, 2.05) is 43.3 Å². The molecule has 2 heterocycles. The van der Waals surface area contributed by atoms with Gasteiger partial charge in [-0.1, -0.05) is 6.07 Å². The Hall–Kier alpha value is -3.48. The van der Waals surface area contributed by atoms with E-state index in [1.54, 1.807) is 18.5 Å². The highest BCUT2D eigenvalue weighted by Gasteiger charge is 2.06. The first-order valence-corrected chi connectivity index (χ1v) is 9.62. The molecule has 0 bridgehead atoms. The zero-order valence-corrected chi connectivity index (χ0v) is 16.4. The predicted molar refractivity (Wildman–Crippen MR) is 110 cm³/mol. The summed E-state index contributed by atoms with van der Waals surface area (Å²) in [4.78, 5) is 28.1. The highest BCUT2D eigenvalue weighted by molar-refractivity contribution is 5.75. The molecule has 0 saturated heterocycles. The molecule has 0 spiro atoms. The number of hydrogen-bond acceptors (Lipinski definition) is 5. The van der Waals surface area contributed by atoms with Crippen molar-refractivity contribution >= 4 is 5.91 Å². The fraction of sp³-hybridized carbons (Fsp3) is 0.273. The number of pyridine rings is 1. The number of hydrogen-bond donors (Lipinski definition) is 1. The number of ether oxygens (including phenoxy) is 1. The van der Waals surface area contributed by atoms with Crippen molar-refractivity contribution in [1.29, 1.82) is 0 Å². The van der Waals surface area contributed by atoms with Gasteiger partial charge < -0.3 is 10.1 Å². The number of nitrogens with zero attached hydrogens (tertiary/aromatic N) is 3. The summed E-state index contributed by atoms with van der Waals surface area (Å²) < 4.78 is 6.85. The Bertz CT molecular complexity index is 985. The van der Waals surface area contributed by atoms with E-state index >= 15 is 0 Å². The van der Waals surface area contributed by atoms with Crippen LogP contribution in [0.15, 0.2) is 65.7 Å². The fourth-order valence-electron chi connectivity index (χ4n) is 2.83. The molecule has 3 rings (SSSR count). The molecule has 1 N–H and O–H groups in total. The van der Waals surface area contributed by atoms with Crippen LogP contribution in [0.2, 0.25) is 0 Å². The van der Waals surface area contributed by atoms with Crippen LogP contribution in [0.3, 0.4) is 0 Å². The van der Waals surface area contributed by atoms with Crippen LogP contribution in [0.4, 0.5) is 0 Å². The highest BCUT2D eigenvalue weighted by Crippen LogP contribution is 2.19. The predicted octanol–water partition coefficient (Wildman–Crippen LogP) is 2.80. The van der Waals surface area contributed by atoms with Crippen molar-refractivity contribution in [3.05, 3.63) is 76.8 Å². The molecule has 150 valence electrons. The normalized spacial score (nSPS) is 10.5. The third kappa shape index (κ3) is 6.00. The molecular formula is C22H24N4O3. The molecule has 0 aliphatic rings. The lowest BCUT2D eigenvalue weighted by Gasteiger charge is -2.09. The lowest BCUT2D eigenvalue weighted by molar-refractivity contribution is -0.121. The van der Waals surface area contributed by atoms with Crippen molar-refractivity contribution in [3.63, 3.8) is 0 Å². The SMILES string of the molecule is CCOc1ccc(-c2ccc(=O)n(CCCC(=O)NCc3cccnc3)n2)cc1. The van der Waals surface area contributed by atoms with E-state index in [9.17, 15) is 9.59 Å². The van der Waals surface area contributed by atoms with Crippen LogP contribution in [0.5, 0.6) is 5.75 Å². The number of aryl methyl sites for hydroxylation is 1. The molecule has 3 aromatic rings. The van der Waals surface area contributed by atoms with E-state index in [4.69, 9.17) is 4.74 Å². The molecule has 0 fully saturated rings. The van der Waals surface area contributed by atoms with Gasteiger partial charge in [-0.25, -0.2) is 4.68 Å². The van der Waals surface area contributed by atoms with Crippen LogP contribution in [-0.4, -0.2) is 27.3 Å². The van der Waals surface area contributed by atoms with Crippen LogP contribution in [-0.2, 0) is 17.9 Å². The van der Waals surface area contributed by atoms with Crippen molar-refractivity contribution in [1.82, 2.24) is 20.1 Å². The van der Waals surface area contributed by atoms with Crippen molar-refractivity contribution in [2.75, 3.05) is 6.61 Å². The monoisotopic (exact) mass is 392 g/mol. The quantitative estimate of drug-likeness (QED) is 0.605. The molecule has 7 heteroatoms. The van der Waals surface area contributed by atoms with Crippen molar-refractivity contribution in [2.45, 2.75) is 32.9 Å². The van der Waals surface area contributed by atoms with E-state index in [0.717, 1.165) is 16.9 Å². The standard InChI is InChI=1S/C22H24N4O3/c1-2-29-19-9-7-18(8-10-19)20-11-12-22(28)26(25-20)14-4-6-21(27)24-16-17-5-3-13-23-15-17/h3,5,7-13,15H,2,4,6,14,16H2,1H3,(H,24,27). The van der Waals surface area contributed by atoms with E-state index < -0.39 is 0 Å². The van der Waals surface area contributed by atoms with Crippen LogP contribution in [0, 0.1) is 0 Å². The van der Waals surface area contributed by atoms with Crippen molar-refractivity contribution < 1.29 is 9.53 Å². The summed E-state index contributed by atoms with van der Waals surface area (Å²) in [5, 5.41) is 7.29. The Balaban J connectivity index is 1.54. The number of nitrogens with one attached hydrogen (secondary N) is 1. The average Bonchev–Trinajstić information content (AvgIpc) is 2.75. The summed E-state index contributed by atoms with van der Waals surface area (Å²) in [5.41, 5.74) is 2.36. The van der Waals surface area contributed by atoms with Gasteiger partial charge in [0.25, 0.3) is 5.56 Å². The van der Waals surface area contributed by atoms with Crippen molar-refractivity contribution in [2.24, 2.45) is 0 Å². The number of carbonyl (C=O) groups is 1. The van der Waals surface area contributed by atoms with Gasteiger partial charge in [0, 0.05) is 43.5 Å². The maximum Gasteiger partial charge on any atom is 0.266 e. The van der Waals surface area contributed by atoms with Gasteiger partial charge >= 0.3 is 0 Å². The van der Waals surface area contributed by atoms with Gasteiger partial charge in [-0.3, -0.25) is 14.6 Å². The smallest absolute Gasteiger partial charge is 0.266 e. The third-order valence-corrected chi connectivity index (χ3v) is 4.31. The van der Waals surface area contributed by atoms with Gasteiger partial charge in [0.1, 0.15) is 5.75 Å². The second kappa shape index (κ2) is 10.2. The maximum absolute atomic E-state index is 12.1. The Kier molecular flexibility index (Phi) is 7.10. The number of rotatable bonds is 9. The zero-order valence-electron chi connectivity index (χ0n) is 16.4. The lowest BCUT2D eigenvalue weighted by Crippen LogP contribution is -2.25. The largest absolute Gasteiger partial charge is 0.494 e. The van der Waals surface area contributed by atoms with Gasteiger partial charge in [-0.15, -0.1) is 0 Å².